The highest BCUT2D eigenvalue weighted by atomic mass is 32.3. The normalized spacial score (nSPS) is 14.6. The fourth-order valence-electron chi connectivity index (χ4n) is 4.25. The standard InChI is InChI=1S/C24H38N8O13S3/c1-15(8-21(33)19(25-2)10-17-12-31(29-27-17)4-6-44-47(38,39)40)23(35)26-20(22(34)9-16(14-46-3)24(36)37)11-18-13-32(30-28-18)5-7-45-48(41,42)43/h12-13,15-16,19-20,25H,4-11,14H2,1-3H3,(H,26,35)(H,36,37)(H,38,39,40)(H,41,42,43)/t15-,16+,19+,20+/m1/s1. The van der Waals surface area contributed by atoms with Crippen LogP contribution in [0.3, 0.4) is 0 Å². The summed E-state index contributed by atoms with van der Waals surface area (Å²) in [5.41, 5.74) is 0.571. The van der Waals surface area contributed by atoms with Crippen molar-refractivity contribution < 1.29 is 58.6 Å². The molecule has 0 aliphatic carbocycles. The van der Waals surface area contributed by atoms with E-state index in [1.165, 1.54) is 47.5 Å². The van der Waals surface area contributed by atoms with Crippen LogP contribution in [0.25, 0.3) is 0 Å². The summed E-state index contributed by atoms with van der Waals surface area (Å²) >= 11 is 1.24. The number of carboxylic acid groups (broad SMARTS) is 1. The molecule has 48 heavy (non-hydrogen) atoms. The summed E-state index contributed by atoms with van der Waals surface area (Å²) in [6.07, 6.45) is 3.74. The van der Waals surface area contributed by atoms with Gasteiger partial charge in [0.25, 0.3) is 0 Å². The zero-order valence-electron chi connectivity index (χ0n) is 26.2. The van der Waals surface area contributed by atoms with Gasteiger partial charge < -0.3 is 15.7 Å². The average molecular weight is 743 g/mol. The quantitative estimate of drug-likeness (QED) is 0.0725. The molecule has 0 aliphatic heterocycles. The fraction of sp³-hybridized carbons (Fsp3) is 0.667. The van der Waals surface area contributed by atoms with Crippen LogP contribution in [0, 0.1) is 11.8 Å². The number of thioether (sulfide) groups is 1. The number of rotatable bonds is 24. The lowest BCUT2D eigenvalue weighted by Crippen LogP contribution is -2.46. The van der Waals surface area contributed by atoms with Crippen molar-refractivity contribution in [1.82, 2.24) is 40.6 Å². The third-order valence-electron chi connectivity index (χ3n) is 6.67. The van der Waals surface area contributed by atoms with Crippen LogP contribution in [0.1, 0.15) is 31.2 Å². The van der Waals surface area contributed by atoms with Crippen LogP contribution >= 0.6 is 11.8 Å². The highest BCUT2D eigenvalue weighted by Gasteiger charge is 2.31. The van der Waals surface area contributed by atoms with E-state index in [-0.39, 0.29) is 49.6 Å². The second kappa shape index (κ2) is 19.0. The minimum atomic E-state index is -4.67. The molecule has 0 spiro atoms. The van der Waals surface area contributed by atoms with E-state index in [4.69, 9.17) is 9.11 Å². The van der Waals surface area contributed by atoms with Crippen LogP contribution in [-0.4, -0.2) is 129 Å². The van der Waals surface area contributed by atoms with E-state index in [0.717, 1.165) is 0 Å². The summed E-state index contributed by atoms with van der Waals surface area (Å²) in [6, 6.07) is -2.03. The van der Waals surface area contributed by atoms with E-state index in [1.807, 2.05) is 0 Å². The first kappa shape index (κ1) is 40.8. The Kier molecular flexibility index (Phi) is 16.1. The lowest BCUT2D eigenvalue weighted by atomic mass is 9.94. The van der Waals surface area contributed by atoms with Gasteiger partial charge in [-0.05, 0) is 13.3 Å². The van der Waals surface area contributed by atoms with E-state index in [1.54, 1.807) is 6.26 Å². The topological polar surface area (TPSA) is 301 Å². The number of hydrogen-bond acceptors (Lipinski definition) is 16. The Bertz CT molecular complexity index is 1610. The number of likely N-dealkylation sites (N-methyl/N-ethyl adjacent to an activating group) is 1. The van der Waals surface area contributed by atoms with Crippen molar-refractivity contribution in [3.05, 3.63) is 23.8 Å². The maximum absolute atomic E-state index is 13.3. The molecular weight excluding hydrogens is 705 g/mol. The number of aromatic nitrogens is 6. The van der Waals surface area contributed by atoms with E-state index in [9.17, 15) is 41.1 Å². The molecule has 5 N–H and O–H groups in total. The number of carboxylic acids is 1. The van der Waals surface area contributed by atoms with Crippen molar-refractivity contribution >= 4 is 56.0 Å². The number of carbonyl (C=O) groups is 4. The number of hydrogen-bond donors (Lipinski definition) is 5. The first-order valence-electron chi connectivity index (χ1n) is 14.2. The summed E-state index contributed by atoms with van der Waals surface area (Å²) in [5, 5.41) is 30.4. The van der Waals surface area contributed by atoms with Crippen molar-refractivity contribution in [3.8, 4) is 0 Å². The third kappa shape index (κ3) is 15.2. The van der Waals surface area contributed by atoms with Gasteiger partial charge >= 0.3 is 26.8 Å². The smallest absolute Gasteiger partial charge is 0.397 e. The summed E-state index contributed by atoms with van der Waals surface area (Å²) in [5.74, 6) is -4.61. The minimum absolute atomic E-state index is 0.0503. The van der Waals surface area contributed by atoms with Crippen LogP contribution in [0.5, 0.6) is 0 Å². The Morgan fingerprint density at radius 1 is 0.875 bits per heavy atom. The van der Waals surface area contributed by atoms with Crippen LogP contribution in [0.4, 0.5) is 0 Å². The molecule has 2 heterocycles. The summed E-state index contributed by atoms with van der Waals surface area (Å²) < 4.78 is 71.2. The van der Waals surface area contributed by atoms with Crippen molar-refractivity contribution in [2.75, 3.05) is 32.3 Å². The average Bonchev–Trinajstić information content (AvgIpc) is 3.62. The Labute approximate surface area is 280 Å². The Balaban J connectivity index is 2.08. The van der Waals surface area contributed by atoms with Gasteiger partial charge in [-0.1, -0.05) is 17.4 Å². The Morgan fingerprint density at radius 3 is 1.79 bits per heavy atom. The number of Topliss-reactive ketones (excluding diaryl/α,β-unsaturated/α-hetero) is 2. The van der Waals surface area contributed by atoms with Gasteiger partial charge in [-0.3, -0.25) is 28.3 Å². The molecule has 2 rings (SSSR count). The molecule has 0 fully saturated rings. The van der Waals surface area contributed by atoms with E-state index in [0.29, 0.717) is 5.69 Å². The van der Waals surface area contributed by atoms with Gasteiger partial charge in [0.1, 0.15) is 0 Å². The number of aliphatic carboxylic acids is 1. The molecule has 24 heteroatoms. The molecule has 270 valence electrons. The minimum Gasteiger partial charge on any atom is -0.481 e. The fourth-order valence-corrected chi connectivity index (χ4v) is 5.48. The summed E-state index contributed by atoms with van der Waals surface area (Å²) in [7, 11) is -7.75. The molecule has 0 aromatic carbocycles. The van der Waals surface area contributed by atoms with Gasteiger partial charge in [0.15, 0.2) is 11.6 Å². The van der Waals surface area contributed by atoms with Gasteiger partial charge in [0, 0.05) is 49.7 Å². The molecule has 0 unspecified atom stereocenters. The molecule has 1 amide bonds. The molecule has 2 aromatic heterocycles. The lowest BCUT2D eigenvalue weighted by molar-refractivity contribution is -0.143. The number of nitrogens with zero attached hydrogens (tertiary/aromatic N) is 6. The highest BCUT2D eigenvalue weighted by molar-refractivity contribution is 7.98. The molecular formula is C24H38N8O13S3. The van der Waals surface area contributed by atoms with Crippen LogP contribution < -0.4 is 10.6 Å². The molecule has 0 radical (unpaired) electrons. The van der Waals surface area contributed by atoms with Crippen LogP contribution in [0.15, 0.2) is 12.4 Å². The molecule has 0 aliphatic rings. The number of carbonyl (C=O) groups excluding carboxylic acids is 3. The SMILES string of the molecule is CN[C@@H](Cc1cn(CCOS(=O)(=O)O)nn1)C(=O)C[C@@H](C)C(=O)N[C@@H](Cc1cn(CCOS(=O)(=O)O)nn1)C(=O)C[C@@H](CSC)C(=O)O. The summed E-state index contributed by atoms with van der Waals surface area (Å²) in [6.45, 7) is 0.443. The highest BCUT2D eigenvalue weighted by Crippen LogP contribution is 2.15. The zero-order chi connectivity index (χ0) is 36.1. The number of nitrogens with one attached hydrogen (secondary N) is 2. The van der Waals surface area contributed by atoms with Crippen molar-refractivity contribution in [2.24, 2.45) is 11.8 Å². The monoisotopic (exact) mass is 742 g/mol. The van der Waals surface area contributed by atoms with E-state index in [2.05, 4.69) is 39.6 Å². The lowest BCUT2D eigenvalue weighted by Gasteiger charge is -2.22. The molecule has 2 aromatic rings. The van der Waals surface area contributed by atoms with E-state index < -0.39 is 82.0 Å². The van der Waals surface area contributed by atoms with Crippen molar-refractivity contribution in [2.45, 2.75) is 57.8 Å². The van der Waals surface area contributed by atoms with Crippen molar-refractivity contribution in [1.29, 1.82) is 0 Å². The Morgan fingerprint density at radius 2 is 1.35 bits per heavy atom. The third-order valence-corrected chi connectivity index (χ3v) is 8.33. The maximum Gasteiger partial charge on any atom is 0.397 e. The molecule has 0 saturated carbocycles. The van der Waals surface area contributed by atoms with Crippen LogP contribution in [0.2, 0.25) is 0 Å². The zero-order valence-corrected chi connectivity index (χ0v) is 28.6. The second-order valence-electron chi connectivity index (χ2n) is 10.5. The maximum atomic E-state index is 13.3. The van der Waals surface area contributed by atoms with Crippen LogP contribution in [-0.2, 0) is 74.3 Å². The molecule has 0 saturated heterocycles. The Hall–Kier alpha value is -3.39. The summed E-state index contributed by atoms with van der Waals surface area (Å²) in [4.78, 5) is 51.3. The number of ketones is 2. The molecule has 4 atom stereocenters. The second-order valence-corrected chi connectivity index (χ2v) is 13.6. The molecule has 21 nitrogen and oxygen atoms in total. The molecule has 0 bridgehead atoms. The van der Waals surface area contributed by atoms with Crippen molar-refractivity contribution in [3.63, 3.8) is 0 Å². The van der Waals surface area contributed by atoms with E-state index >= 15 is 0 Å². The largest absolute Gasteiger partial charge is 0.481 e. The first-order chi connectivity index (χ1) is 22.4. The van der Waals surface area contributed by atoms with Gasteiger partial charge in [0.2, 0.25) is 5.91 Å². The predicted octanol–water partition coefficient (Wildman–Crippen LogP) is -2.02. The number of amides is 1. The van der Waals surface area contributed by atoms with Gasteiger partial charge in [-0.2, -0.15) is 28.6 Å². The van der Waals surface area contributed by atoms with Gasteiger partial charge in [0.05, 0.1) is 55.7 Å². The van der Waals surface area contributed by atoms with Gasteiger partial charge in [-0.25, -0.2) is 17.7 Å². The first-order valence-corrected chi connectivity index (χ1v) is 18.3. The van der Waals surface area contributed by atoms with Gasteiger partial charge in [-0.15, -0.1) is 10.2 Å². The predicted molar refractivity (Wildman–Crippen MR) is 165 cm³/mol.